The van der Waals surface area contributed by atoms with Crippen molar-refractivity contribution in [3.05, 3.63) is 126 Å². The van der Waals surface area contributed by atoms with Gasteiger partial charge in [0.05, 0.1) is 13.7 Å². The van der Waals surface area contributed by atoms with Crippen molar-refractivity contribution in [2.75, 3.05) is 30.5 Å². The zero-order valence-electron chi connectivity index (χ0n) is 25.3. The lowest BCUT2D eigenvalue weighted by Gasteiger charge is -2.26. The van der Waals surface area contributed by atoms with E-state index in [9.17, 15) is 18.8 Å². The van der Waals surface area contributed by atoms with Crippen LogP contribution in [0.2, 0.25) is 0 Å². The Morgan fingerprint density at radius 1 is 0.889 bits per heavy atom. The van der Waals surface area contributed by atoms with Crippen LogP contribution < -0.4 is 15.0 Å². The van der Waals surface area contributed by atoms with Gasteiger partial charge in [-0.15, -0.1) is 0 Å². The maximum Gasteiger partial charge on any atom is 0.328 e. The van der Waals surface area contributed by atoms with Gasteiger partial charge in [0.15, 0.2) is 5.78 Å². The van der Waals surface area contributed by atoms with Crippen molar-refractivity contribution in [1.29, 1.82) is 0 Å². The van der Waals surface area contributed by atoms with E-state index < -0.39 is 12.0 Å². The number of nitrogens with zero attached hydrogens (tertiary/aromatic N) is 1. The summed E-state index contributed by atoms with van der Waals surface area (Å²) in [6, 6.07) is 28.8. The maximum absolute atomic E-state index is 14.0. The first kappa shape index (κ1) is 31.4. The van der Waals surface area contributed by atoms with Gasteiger partial charge >= 0.3 is 5.97 Å². The molecule has 1 aliphatic rings. The number of nitrogens with one attached hydrogen (secondary N) is 1. The van der Waals surface area contributed by atoms with Crippen LogP contribution >= 0.6 is 0 Å². The number of anilines is 2. The molecular formula is C37H37FN2O5. The van der Waals surface area contributed by atoms with E-state index in [1.54, 1.807) is 53.4 Å². The molecule has 7 nitrogen and oxygen atoms in total. The number of amides is 1. The monoisotopic (exact) mass is 608 g/mol. The molecule has 4 aromatic rings. The van der Waals surface area contributed by atoms with E-state index in [-0.39, 0.29) is 36.6 Å². The summed E-state index contributed by atoms with van der Waals surface area (Å²) in [4.78, 5) is 40.9. The molecule has 1 fully saturated rings. The molecule has 0 spiro atoms. The Morgan fingerprint density at radius 2 is 1.60 bits per heavy atom. The summed E-state index contributed by atoms with van der Waals surface area (Å²) in [7, 11) is 1.33. The van der Waals surface area contributed by atoms with Gasteiger partial charge in [-0.05, 0) is 60.9 Å². The fourth-order valence-corrected chi connectivity index (χ4v) is 5.69. The van der Waals surface area contributed by atoms with Crippen LogP contribution in [-0.4, -0.2) is 44.0 Å². The van der Waals surface area contributed by atoms with Gasteiger partial charge in [-0.1, -0.05) is 73.5 Å². The summed E-state index contributed by atoms with van der Waals surface area (Å²) in [5, 5.41) is 3.22. The predicted molar refractivity (Wildman–Crippen MR) is 172 cm³/mol. The summed E-state index contributed by atoms with van der Waals surface area (Å²) >= 11 is 0. The number of hydrogen-bond acceptors (Lipinski definition) is 6. The van der Waals surface area contributed by atoms with E-state index in [1.807, 2.05) is 42.5 Å². The molecule has 1 saturated carbocycles. The number of halogens is 1. The van der Waals surface area contributed by atoms with Gasteiger partial charge < -0.3 is 19.7 Å². The summed E-state index contributed by atoms with van der Waals surface area (Å²) in [5.74, 6) is -0.434. The van der Waals surface area contributed by atoms with Crippen molar-refractivity contribution in [2.45, 2.75) is 38.1 Å². The quantitative estimate of drug-likeness (QED) is 0.132. The third kappa shape index (κ3) is 8.15. The van der Waals surface area contributed by atoms with E-state index in [0.717, 1.165) is 31.2 Å². The normalized spacial score (nSPS) is 13.6. The van der Waals surface area contributed by atoms with Crippen LogP contribution in [-0.2, 0) is 20.7 Å². The number of ketones is 1. The van der Waals surface area contributed by atoms with E-state index in [4.69, 9.17) is 9.47 Å². The van der Waals surface area contributed by atoms with Gasteiger partial charge in [0.25, 0.3) is 0 Å². The van der Waals surface area contributed by atoms with E-state index in [0.29, 0.717) is 34.7 Å². The molecule has 0 aliphatic heterocycles. The number of para-hydroxylation sites is 1. The molecule has 1 unspecified atom stereocenters. The average Bonchev–Trinajstić information content (AvgIpc) is 3.62. The number of hydrogen-bond donors (Lipinski definition) is 1. The maximum atomic E-state index is 14.0. The molecule has 5 rings (SSSR count). The van der Waals surface area contributed by atoms with Crippen LogP contribution in [0.3, 0.4) is 0 Å². The third-order valence-corrected chi connectivity index (χ3v) is 8.06. The molecule has 8 heteroatoms. The first-order valence-corrected chi connectivity index (χ1v) is 15.2. The lowest BCUT2D eigenvalue weighted by molar-refractivity contribution is -0.141. The zero-order valence-corrected chi connectivity index (χ0v) is 25.3. The first-order chi connectivity index (χ1) is 21.9. The lowest BCUT2D eigenvalue weighted by Crippen LogP contribution is -2.38. The fourth-order valence-electron chi connectivity index (χ4n) is 5.69. The number of ether oxygens (including phenoxy) is 2. The highest BCUT2D eigenvalue weighted by molar-refractivity contribution is 6.12. The number of benzene rings is 4. The summed E-state index contributed by atoms with van der Waals surface area (Å²) < 4.78 is 25.0. The molecule has 1 aliphatic carbocycles. The molecule has 0 saturated heterocycles. The Hall–Kier alpha value is -4.98. The molecule has 0 heterocycles. The van der Waals surface area contributed by atoms with E-state index in [1.165, 1.54) is 19.2 Å². The number of carbonyl (C=O) groups excluding carboxylic acids is 3. The largest absolute Gasteiger partial charge is 0.492 e. The molecule has 1 amide bonds. The molecule has 45 heavy (non-hydrogen) atoms. The Labute approximate surface area is 263 Å². The molecule has 0 aromatic heterocycles. The minimum atomic E-state index is -0.743. The number of esters is 1. The van der Waals surface area contributed by atoms with E-state index >= 15 is 0 Å². The van der Waals surface area contributed by atoms with Crippen molar-refractivity contribution in [2.24, 2.45) is 5.92 Å². The van der Waals surface area contributed by atoms with Crippen LogP contribution in [0, 0.1) is 11.7 Å². The van der Waals surface area contributed by atoms with Gasteiger partial charge in [-0.3, -0.25) is 9.59 Å². The SMILES string of the molecule is COC(=O)C(Cc1ccc(OCCN(C(=O)C2CCCC2)c2cccc(F)c2)cc1)Nc1ccccc1C(=O)c1ccccc1. The minimum absolute atomic E-state index is 0.00504. The van der Waals surface area contributed by atoms with Gasteiger partial charge in [0.2, 0.25) is 5.91 Å². The third-order valence-electron chi connectivity index (χ3n) is 8.06. The second kappa shape index (κ2) is 15.1. The topological polar surface area (TPSA) is 84.9 Å². The molecule has 232 valence electrons. The highest BCUT2D eigenvalue weighted by atomic mass is 19.1. The number of rotatable bonds is 13. The summed E-state index contributed by atoms with van der Waals surface area (Å²) in [6.07, 6.45) is 4.07. The van der Waals surface area contributed by atoms with Crippen LogP contribution in [0.15, 0.2) is 103 Å². The number of methoxy groups -OCH3 is 1. The second-order valence-electron chi connectivity index (χ2n) is 11.1. The minimum Gasteiger partial charge on any atom is -0.492 e. The van der Waals surface area contributed by atoms with Crippen molar-refractivity contribution in [1.82, 2.24) is 0 Å². The Bertz CT molecular complexity index is 1600. The Balaban J connectivity index is 1.23. The van der Waals surface area contributed by atoms with Crippen molar-refractivity contribution >= 4 is 29.0 Å². The van der Waals surface area contributed by atoms with Crippen molar-refractivity contribution < 1.29 is 28.2 Å². The summed E-state index contributed by atoms with van der Waals surface area (Å²) in [5.41, 5.74) is 2.94. The molecule has 4 aromatic carbocycles. The first-order valence-electron chi connectivity index (χ1n) is 15.2. The van der Waals surface area contributed by atoms with Crippen LogP contribution in [0.5, 0.6) is 5.75 Å². The highest BCUT2D eigenvalue weighted by Crippen LogP contribution is 2.29. The van der Waals surface area contributed by atoms with Crippen LogP contribution in [0.1, 0.15) is 47.2 Å². The molecule has 1 atom stereocenters. The second-order valence-corrected chi connectivity index (χ2v) is 11.1. The standard InChI is InChI=1S/C37H37FN2O5/c1-44-37(43)34(39-33-17-8-7-16-32(33)35(41)27-10-3-2-4-11-27)24-26-18-20-31(21-19-26)45-23-22-40(30-15-9-14-29(38)25-30)36(42)28-12-5-6-13-28/h2-4,7-11,14-21,25,28,34,39H,5-6,12-13,22-24H2,1H3. The predicted octanol–water partition coefficient (Wildman–Crippen LogP) is 6.86. The lowest BCUT2D eigenvalue weighted by atomic mass is 10.00. The van der Waals surface area contributed by atoms with Gasteiger partial charge in [-0.25, -0.2) is 9.18 Å². The van der Waals surface area contributed by atoms with Gasteiger partial charge in [0, 0.05) is 34.8 Å². The Morgan fingerprint density at radius 3 is 2.31 bits per heavy atom. The van der Waals surface area contributed by atoms with E-state index in [2.05, 4.69) is 5.32 Å². The summed E-state index contributed by atoms with van der Waals surface area (Å²) in [6.45, 7) is 0.517. The fraction of sp³-hybridized carbons (Fsp3) is 0.270. The molecule has 0 bridgehead atoms. The molecule has 1 N–H and O–H groups in total. The smallest absolute Gasteiger partial charge is 0.328 e. The number of carbonyl (C=O) groups is 3. The van der Waals surface area contributed by atoms with Crippen LogP contribution in [0.25, 0.3) is 0 Å². The van der Waals surface area contributed by atoms with Crippen LogP contribution in [0.4, 0.5) is 15.8 Å². The van der Waals surface area contributed by atoms with Crippen molar-refractivity contribution in [3.8, 4) is 5.75 Å². The van der Waals surface area contributed by atoms with Crippen molar-refractivity contribution in [3.63, 3.8) is 0 Å². The van der Waals surface area contributed by atoms with Gasteiger partial charge in [-0.2, -0.15) is 0 Å². The Kier molecular flexibility index (Phi) is 10.6. The van der Waals surface area contributed by atoms with Gasteiger partial charge in [0.1, 0.15) is 24.2 Å². The molecular weight excluding hydrogens is 571 g/mol. The highest BCUT2D eigenvalue weighted by Gasteiger charge is 2.28. The zero-order chi connectivity index (χ0) is 31.6. The molecule has 0 radical (unpaired) electrons. The average molecular weight is 609 g/mol.